The first-order chi connectivity index (χ1) is 23.2. The van der Waals surface area contributed by atoms with Crippen LogP contribution in [0.1, 0.15) is 0 Å². The summed E-state index contributed by atoms with van der Waals surface area (Å²) in [5.74, 6) is 0. The Kier molecular flexibility index (Phi) is 4.69. The Balaban J connectivity index is 1.14. The van der Waals surface area contributed by atoms with Gasteiger partial charge in [0.05, 0.1) is 22.1 Å². The van der Waals surface area contributed by atoms with E-state index in [4.69, 9.17) is 4.42 Å². The van der Waals surface area contributed by atoms with Crippen LogP contribution in [-0.2, 0) is 0 Å². The topological polar surface area (TPSA) is 39.5 Å². The number of pyridine rings is 1. The lowest BCUT2D eigenvalue weighted by Crippen LogP contribution is -2.12. The van der Waals surface area contributed by atoms with Crippen molar-refractivity contribution in [2.75, 3.05) is 0 Å². The summed E-state index contributed by atoms with van der Waals surface area (Å²) in [5, 5.41) is 9.68. The van der Waals surface area contributed by atoms with Crippen molar-refractivity contribution in [2.45, 2.75) is 0 Å². The van der Waals surface area contributed by atoms with Crippen molar-refractivity contribution in [1.29, 1.82) is 0 Å². The number of hydrogen-bond donors (Lipinski definition) is 0. The first-order valence-corrected chi connectivity index (χ1v) is 15.9. The van der Waals surface area contributed by atoms with Crippen molar-refractivity contribution >= 4 is 81.7 Å². The molecule has 4 heteroatoms. The number of para-hydroxylation sites is 3. The Labute approximate surface area is 267 Å². The molecule has 0 aliphatic carbocycles. The van der Waals surface area contributed by atoms with E-state index in [1.54, 1.807) is 0 Å². The average Bonchev–Trinajstić information content (AvgIpc) is 3.77. The molecule has 4 aromatic heterocycles. The second-order valence-electron chi connectivity index (χ2n) is 12.5. The summed E-state index contributed by atoms with van der Waals surface area (Å²) in [6.07, 6.45) is 0. The van der Waals surface area contributed by atoms with Crippen LogP contribution in [0.3, 0.4) is 0 Å². The van der Waals surface area contributed by atoms with E-state index in [1.165, 1.54) is 10.8 Å². The smallest absolute Gasteiger partial charge is 0.263 e. The first-order valence-electron chi connectivity index (χ1n) is 15.9. The summed E-state index contributed by atoms with van der Waals surface area (Å²) in [4.78, 5) is 13.7. The van der Waals surface area contributed by atoms with Crippen LogP contribution < -0.4 is 5.56 Å². The van der Waals surface area contributed by atoms with Crippen molar-refractivity contribution in [2.24, 2.45) is 0 Å². The van der Waals surface area contributed by atoms with E-state index >= 15 is 0 Å². The monoisotopic (exact) mass is 600 g/mol. The maximum atomic E-state index is 13.7. The highest BCUT2D eigenvalue weighted by molar-refractivity contribution is 6.22. The molecule has 0 bridgehead atoms. The third kappa shape index (κ3) is 3.23. The molecule has 0 saturated carbocycles. The van der Waals surface area contributed by atoms with Gasteiger partial charge in [-0.05, 0) is 71.1 Å². The zero-order valence-electron chi connectivity index (χ0n) is 25.1. The molecule has 0 amide bonds. The predicted octanol–water partition coefficient (Wildman–Crippen LogP) is 10.9. The molecule has 4 nitrogen and oxygen atoms in total. The fourth-order valence-electron chi connectivity index (χ4n) is 7.97. The number of benzene rings is 7. The van der Waals surface area contributed by atoms with Crippen LogP contribution in [-0.4, -0.2) is 8.97 Å². The van der Waals surface area contributed by atoms with Gasteiger partial charge in [0, 0.05) is 54.8 Å². The molecule has 0 radical (unpaired) electrons. The molecule has 0 fully saturated rings. The Morgan fingerprint density at radius 3 is 1.81 bits per heavy atom. The lowest BCUT2D eigenvalue weighted by atomic mass is 9.97. The van der Waals surface area contributed by atoms with Crippen molar-refractivity contribution in [3.05, 3.63) is 156 Å². The summed E-state index contributed by atoms with van der Waals surface area (Å²) in [7, 11) is 0. The van der Waals surface area contributed by atoms with Gasteiger partial charge in [0.15, 0.2) is 0 Å². The summed E-state index contributed by atoms with van der Waals surface area (Å²) >= 11 is 0. The average molecular weight is 601 g/mol. The van der Waals surface area contributed by atoms with E-state index in [1.807, 2.05) is 52.9 Å². The van der Waals surface area contributed by atoms with Crippen LogP contribution in [0.4, 0.5) is 0 Å². The highest BCUT2D eigenvalue weighted by Gasteiger charge is 2.19. The van der Waals surface area contributed by atoms with E-state index in [2.05, 4.69) is 102 Å². The van der Waals surface area contributed by atoms with E-state index < -0.39 is 0 Å². The second kappa shape index (κ2) is 8.87. The van der Waals surface area contributed by atoms with Crippen LogP contribution in [0.5, 0.6) is 0 Å². The van der Waals surface area contributed by atoms with Crippen LogP contribution >= 0.6 is 0 Å². The molecule has 0 saturated heterocycles. The summed E-state index contributed by atoms with van der Waals surface area (Å²) < 4.78 is 10.5. The van der Waals surface area contributed by atoms with Crippen molar-refractivity contribution in [1.82, 2.24) is 8.97 Å². The Bertz CT molecular complexity index is 3140. The Hall–Kier alpha value is -6.39. The van der Waals surface area contributed by atoms with Gasteiger partial charge in [-0.3, -0.25) is 9.20 Å². The maximum absolute atomic E-state index is 13.7. The van der Waals surface area contributed by atoms with E-state index in [0.717, 1.165) is 87.8 Å². The third-order valence-electron chi connectivity index (χ3n) is 10.0. The van der Waals surface area contributed by atoms with Crippen LogP contribution in [0, 0.1) is 0 Å². The first kappa shape index (κ1) is 24.9. The van der Waals surface area contributed by atoms with Gasteiger partial charge in [0.2, 0.25) is 0 Å². The van der Waals surface area contributed by atoms with Crippen molar-refractivity contribution < 1.29 is 4.42 Å². The molecule has 0 atom stereocenters. The number of hydrogen-bond acceptors (Lipinski definition) is 2. The fourth-order valence-corrected chi connectivity index (χ4v) is 7.97. The quantitative estimate of drug-likeness (QED) is 0.185. The van der Waals surface area contributed by atoms with E-state index in [0.29, 0.717) is 0 Å². The molecule has 0 N–H and O–H groups in total. The molecular weight excluding hydrogens is 576 g/mol. The minimum Gasteiger partial charge on any atom is -0.456 e. The zero-order valence-corrected chi connectivity index (χ0v) is 25.1. The highest BCUT2D eigenvalue weighted by Crippen LogP contribution is 2.40. The SMILES string of the molecule is O=c1c2ccccc2c2cc(-c3ccc(-n4c5ccccc5c5cc6c(cc54)oc4ccccc46)cc3)cc3c4ccccc4n1c23. The second-order valence-corrected chi connectivity index (χ2v) is 12.5. The molecule has 0 spiro atoms. The van der Waals surface area contributed by atoms with Gasteiger partial charge in [0.25, 0.3) is 5.56 Å². The zero-order chi connectivity index (χ0) is 30.8. The largest absolute Gasteiger partial charge is 0.456 e. The predicted molar refractivity (Wildman–Crippen MR) is 194 cm³/mol. The number of aromatic nitrogens is 2. The van der Waals surface area contributed by atoms with Gasteiger partial charge in [-0.25, -0.2) is 0 Å². The van der Waals surface area contributed by atoms with Crippen LogP contribution in [0.25, 0.3) is 98.5 Å². The van der Waals surface area contributed by atoms with Gasteiger partial charge in [-0.1, -0.05) is 84.9 Å². The summed E-state index contributed by atoms with van der Waals surface area (Å²) in [6, 6.07) is 50.8. The number of furan rings is 1. The molecule has 11 rings (SSSR count). The molecule has 218 valence electrons. The van der Waals surface area contributed by atoms with Crippen molar-refractivity contribution in [3.63, 3.8) is 0 Å². The highest BCUT2D eigenvalue weighted by atomic mass is 16.3. The Morgan fingerprint density at radius 1 is 0.404 bits per heavy atom. The lowest BCUT2D eigenvalue weighted by molar-refractivity contribution is 0.669. The fraction of sp³-hybridized carbons (Fsp3) is 0. The van der Waals surface area contributed by atoms with Gasteiger partial charge < -0.3 is 8.98 Å². The minimum absolute atomic E-state index is 0.0301. The number of nitrogens with zero attached hydrogens (tertiary/aromatic N) is 2. The molecule has 0 aliphatic rings. The van der Waals surface area contributed by atoms with Crippen LogP contribution in [0.2, 0.25) is 0 Å². The molecule has 47 heavy (non-hydrogen) atoms. The Morgan fingerprint density at radius 2 is 1.02 bits per heavy atom. The summed E-state index contributed by atoms with van der Waals surface area (Å²) in [5.41, 5.74) is 9.36. The molecule has 0 unspecified atom stereocenters. The van der Waals surface area contributed by atoms with Gasteiger partial charge in [-0.2, -0.15) is 0 Å². The van der Waals surface area contributed by atoms with Crippen molar-refractivity contribution in [3.8, 4) is 16.8 Å². The number of fused-ring (bicyclic) bond motifs is 11. The molecule has 7 aromatic carbocycles. The molecule has 4 heterocycles. The summed E-state index contributed by atoms with van der Waals surface area (Å²) in [6.45, 7) is 0. The van der Waals surface area contributed by atoms with Crippen LogP contribution in [0.15, 0.2) is 155 Å². The van der Waals surface area contributed by atoms with E-state index in [9.17, 15) is 4.79 Å². The van der Waals surface area contributed by atoms with E-state index in [-0.39, 0.29) is 5.56 Å². The normalized spacial score (nSPS) is 12.3. The third-order valence-corrected chi connectivity index (χ3v) is 10.0. The molecular formula is C43H24N2O2. The van der Waals surface area contributed by atoms with Gasteiger partial charge >= 0.3 is 0 Å². The lowest BCUT2D eigenvalue weighted by Gasteiger charge is -2.11. The van der Waals surface area contributed by atoms with Gasteiger partial charge in [-0.15, -0.1) is 0 Å². The minimum atomic E-state index is 0.0301. The molecule has 11 aromatic rings. The standard InChI is InChI=1S/C43H24N2O2/c46-43-32-13-2-1-9-28(32)35-21-26(22-36-30-11-4-7-15-38(30)45(43)42(35)36)25-17-19-27(20-18-25)44-37-14-6-3-10-29(37)33-23-34-31-12-5-8-16-40(31)47-41(34)24-39(33)44/h1-24H. The number of rotatable bonds is 2. The maximum Gasteiger partial charge on any atom is 0.263 e. The molecule has 0 aliphatic heterocycles. The van der Waals surface area contributed by atoms with Gasteiger partial charge in [0.1, 0.15) is 11.2 Å².